The third-order valence-electron chi connectivity index (χ3n) is 3.38. The van der Waals surface area contributed by atoms with Crippen molar-refractivity contribution in [1.29, 1.82) is 0 Å². The fourth-order valence-corrected chi connectivity index (χ4v) is 2.21. The summed E-state index contributed by atoms with van der Waals surface area (Å²) >= 11 is 0. The smallest absolute Gasteiger partial charge is 0.0725 e. The molecule has 76 valence electrons. The Labute approximate surface area is 81.0 Å². The van der Waals surface area contributed by atoms with Crippen LogP contribution in [-0.4, -0.2) is 24.8 Å². The molecule has 1 saturated heterocycles. The van der Waals surface area contributed by atoms with E-state index in [1.165, 1.54) is 38.5 Å². The van der Waals surface area contributed by atoms with Crippen LogP contribution >= 0.6 is 0 Å². The second-order valence-electron chi connectivity index (χ2n) is 4.49. The van der Waals surface area contributed by atoms with E-state index in [9.17, 15) is 0 Å². The highest BCUT2D eigenvalue weighted by Crippen LogP contribution is 2.21. The standard InChI is InChI=1S/C11H21NO/c1-9(12-10-5-4-6-10)11-7-2-3-8-13-11/h9-12H,2-8H2,1H3. The summed E-state index contributed by atoms with van der Waals surface area (Å²) in [5.41, 5.74) is 0. The van der Waals surface area contributed by atoms with Gasteiger partial charge in [0.15, 0.2) is 0 Å². The van der Waals surface area contributed by atoms with Crippen molar-refractivity contribution in [2.75, 3.05) is 6.61 Å². The molecule has 0 aromatic rings. The molecule has 2 nitrogen and oxygen atoms in total. The van der Waals surface area contributed by atoms with Gasteiger partial charge in [0.25, 0.3) is 0 Å². The molecule has 1 aliphatic carbocycles. The Bertz CT molecular complexity index is 150. The van der Waals surface area contributed by atoms with Crippen molar-refractivity contribution in [2.45, 2.75) is 63.6 Å². The summed E-state index contributed by atoms with van der Waals surface area (Å²) in [7, 11) is 0. The molecule has 13 heavy (non-hydrogen) atoms. The lowest BCUT2D eigenvalue weighted by Crippen LogP contribution is -2.48. The first-order valence-electron chi connectivity index (χ1n) is 5.74. The van der Waals surface area contributed by atoms with Crippen molar-refractivity contribution in [3.63, 3.8) is 0 Å². The quantitative estimate of drug-likeness (QED) is 0.723. The van der Waals surface area contributed by atoms with Gasteiger partial charge in [0.1, 0.15) is 0 Å². The summed E-state index contributed by atoms with van der Waals surface area (Å²) in [6, 6.07) is 1.35. The number of rotatable bonds is 3. The molecule has 0 aromatic carbocycles. The summed E-state index contributed by atoms with van der Waals surface area (Å²) in [4.78, 5) is 0. The summed E-state index contributed by atoms with van der Waals surface area (Å²) < 4.78 is 5.75. The molecule has 2 rings (SSSR count). The van der Waals surface area contributed by atoms with Crippen molar-refractivity contribution in [1.82, 2.24) is 5.32 Å². The van der Waals surface area contributed by atoms with Crippen LogP contribution in [-0.2, 0) is 4.74 Å². The number of hydrogen-bond acceptors (Lipinski definition) is 2. The van der Waals surface area contributed by atoms with Crippen molar-refractivity contribution >= 4 is 0 Å². The molecule has 0 bridgehead atoms. The van der Waals surface area contributed by atoms with E-state index in [1.807, 2.05) is 0 Å². The van der Waals surface area contributed by atoms with Crippen LogP contribution in [0.4, 0.5) is 0 Å². The lowest BCUT2D eigenvalue weighted by atomic mass is 9.91. The Morgan fingerprint density at radius 3 is 2.54 bits per heavy atom. The van der Waals surface area contributed by atoms with Crippen molar-refractivity contribution in [2.24, 2.45) is 0 Å². The topological polar surface area (TPSA) is 21.3 Å². The normalized spacial score (nSPS) is 32.5. The van der Waals surface area contributed by atoms with Gasteiger partial charge in [-0.2, -0.15) is 0 Å². The first-order valence-corrected chi connectivity index (χ1v) is 5.74. The van der Waals surface area contributed by atoms with Crippen LogP contribution in [0.25, 0.3) is 0 Å². The first-order chi connectivity index (χ1) is 6.36. The van der Waals surface area contributed by atoms with E-state index in [1.54, 1.807) is 0 Å². The minimum Gasteiger partial charge on any atom is -0.377 e. The van der Waals surface area contributed by atoms with Crippen LogP contribution in [0, 0.1) is 0 Å². The van der Waals surface area contributed by atoms with Gasteiger partial charge in [-0.3, -0.25) is 0 Å². The zero-order chi connectivity index (χ0) is 9.10. The summed E-state index contributed by atoms with van der Waals surface area (Å²) in [5.74, 6) is 0. The van der Waals surface area contributed by atoms with E-state index in [0.717, 1.165) is 12.6 Å². The van der Waals surface area contributed by atoms with Gasteiger partial charge >= 0.3 is 0 Å². The molecule has 2 atom stereocenters. The third kappa shape index (κ3) is 2.44. The highest BCUT2D eigenvalue weighted by Gasteiger charge is 2.25. The molecule has 1 heterocycles. The first kappa shape index (κ1) is 9.47. The second-order valence-corrected chi connectivity index (χ2v) is 4.49. The van der Waals surface area contributed by atoms with E-state index in [0.29, 0.717) is 12.1 Å². The number of ether oxygens (including phenoxy) is 1. The van der Waals surface area contributed by atoms with E-state index in [4.69, 9.17) is 4.74 Å². The SMILES string of the molecule is CC(NC1CCC1)C1CCCCO1. The average Bonchev–Trinajstić information content (AvgIpc) is 2.12. The summed E-state index contributed by atoms with van der Waals surface area (Å²) in [6.07, 6.45) is 8.49. The van der Waals surface area contributed by atoms with Gasteiger partial charge in [-0.1, -0.05) is 6.42 Å². The Balaban J connectivity index is 1.70. The Hall–Kier alpha value is -0.0800. The lowest BCUT2D eigenvalue weighted by molar-refractivity contribution is -0.00812. The van der Waals surface area contributed by atoms with Gasteiger partial charge < -0.3 is 10.1 Å². The molecule has 1 N–H and O–H groups in total. The molecular formula is C11H21NO. The third-order valence-corrected chi connectivity index (χ3v) is 3.38. The maximum atomic E-state index is 5.75. The monoisotopic (exact) mass is 183 g/mol. The highest BCUT2D eigenvalue weighted by molar-refractivity contribution is 4.83. The minimum absolute atomic E-state index is 0.481. The zero-order valence-electron chi connectivity index (χ0n) is 8.59. The minimum atomic E-state index is 0.481. The van der Waals surface area contributed by atoms with Gasteiger partial charge in [-0.15, -0.1) is 0 Å². The van der Waals surface area contributed by atoms with E-state index in [2.05, 4.69) is 12.2 Å². The molecule has 2 aliphatic rings. The average molecular weight is 183 g/mol. The molecule has 0 aromatic heterocycles. The molecule has 0 amide bonds. The van der Waals surface area contributed by atoms with Crippen LogP contribution in [0.5, 0.6) is 0 Å². The molecular weight excluding hydrogens is 162 g/mol. The Morgan fingerprint density at radius 1 is 1.15 bits per heavy atom. The Kier molecular flexibility index (Phi) is 3.23. The maximum absolute atomic E-state index is 5.75. The molecule has 2 fully saturated rings. The molecule has 0 spiro atoms. The second kappa shape index (κ2) is 4.43. The molecule has 1 saturated carbocycles. The van der Waals surface area contributed by atoms with Crippen LogP contribution in [0.2, 0.25) is 0 Å². The fourth-order valence-electron chi connectivity index (χ4n) is 2.21. The summed E-state index contributed by atoms with van der Waals surface area (Å²) in [6.45, 7) is 3.25. The van der Waals surface area contributed by atoms with Gasteiger partial charge in [0, 0.05) is 18.7 Å². The predicted molar refractivity (Wildman–Crippen MR) is 53.8 cm³/mol. The van der Waals surface area contributed by atoms with Crippen LogP contribution < -0.4 is 5.32 Å². The maximum Gasteiger partial charge on any atom is 0.0725 e. The van der Waals surface area contributed by atoms with E-state index >= 15 is 0 Å². The van der Waals surface area contributed by atoms with Gasteiger partial charge in [0.05, 0.1) is 6.10 Å². The van der Waals surface area contributed by atoms with E-state index < -0.39 is 0 Å². The summed E-state index contributed by atoms with van der Waals surface area (Å²) in [5, 5.41) is 3.66. The molecule has 0 radical (unpaired) electrons. The van der Waals surface area contributed by atoms with Crippen LogP contribution in [0.1, 0.15) is 45.4 Å². The van der Waals surface area contributed by atoms with Crippen LogP contribution in [0.15, 0.2) is 0 Å². The largest absolute Gasteiger partial charge is 0.377 e. The van der Waals surface area contributed by atoms with Crippen molar-refractivity contribution in [3.05, 3.63) is 0 Å². The highest BCUT2D eigenvalue weighted by atomic mass is 16.5. The predicted octanol–water partition coefficient (Wildman–Crippen LogP) is 2.09. The number of hydrogen-bond donors (Lipinski definition) is 1. The van der Waals surface area contributed by atoms with E-state index in [-0.39, 0.29) is 0 Å². The Morgan fingerprint density at radius 2 is 2.00 bits per heavy atom. The fraction of sp³-hybridized carbons (Fsp3) is 1.00. The van der Waals surface area contributed by atoms with Crippen LogP contribution in [0.3, 0.4) is 0 Å². The van der Waals surface area contributed by atoms with Crippen molar-refractivity contribution < 1.29 is 4.74 Å². The zero-order valence-corrected chi connectivity index (χ0v) is 8.59. The molecule has 2 heteroatoms. The number of nitrogens with one attached hydrogen (secondary N) is 1. The lowest BCUT2D eigenvalue weighted by Gasteiger charge is -2.35. The van der Waals surface area contributed by atoms with Gasteiger partial charge in [-0.05, 0) is 39.0 Å². The van der Waals surface area contributed by atoms with Gasteiger partial charge in [0.2, 0.25) is 0 Å². The van der Waals surface area contributed by atoms with Crippen molar-refractivity contribution in [3.8, 4) is 0 Å². The van der Waals surface area contributed by atoms with Gasteiger partial charge in [-0.25, -0.2) is 0 Å². The molecule has 2 unspecified atom stereocenters. The molecule has 1 aliphatic heterocycles.